The van der Waals surface area contributed by atoms with E-state index in [1.807, 2.05) is 18.2 Å². The quantitative estimate of drug-likeness (QED) is 0.560. The van der Waals surface area contributed by atoms with E-state index in [1.54, 1.807) is 28.8 Å². The summed E-state index contributed by atoms with van der Waals surface area (Å²) in [5.41, 5.74) is 2.15. The normalized spacial score (nSPS) is 16.6. The maximum Gasteiger partial charge on any atom is 0.312 e. The molecule has 0 radical (unpaired) electrons. The molecule has 6 heteroatoms. The molecule has 0 saturated heterocycles. The van der Waals surface area contributed by atoms with E-state index in [9.17, 15) is 9.59 Å². The number of rotatable bonds is 1. The van der Waals surface area contributed by atoms with Gasteiger partial charge in [0, 0.05) is 28.3 Å². The van der Waals surface area contributed by atoms with Crippen molar-refractivity contribution < 1.29 is 14.3 Å². The molecule has 0 bridgehead atoms. The molecule has 0 spiro atoms. The van der Waals surface area contributed by atoms with Crippen molar-refractivity contribution in [2.45, 2.75) is 19.3 Å². The molecule has 0 amide bonds. The highest BCUT2D eigenvalue weighted by atomic mass is 35.5. The van der Waals surface area contributed by atoms with Crippen LogP contribution in [0.4, 0.5) is 0 Å². The summed E-state index contributed by atoms with van der Waals surface area (Å²) in [6, 6.07) is 12.5. The third-order valence-electron chi connectivity index (χ3n) is 4.40. The second-order valence-corrected chi connectivity index (χ2v) is 6.89. The van der Waals surface area contributed by atoms with Crippen molar-refractivity contribution in [1.29, 1.82) is 0 Å². The van der Waals surface area contributed by atoms with Crippen LogP contribution in [0.2, 0.25) is 10.0 Å². The Morgan fingerprint density at radius 1 is 1.16 bits per heavy atom. The molecule has 0 aliphatic carbocycles. The number of esters is 1. The molecular weight excluding hydrogens is 361 g/mol. The molecular formula is C19H13Cl2NO3. The smallest absolute Gasteiger partial charge is 0.312 e. The van der Waals surface area contributed by atoms with Gasteiger partial charge in [-0.25, -0.2) is 0 Å². The Bertz CT molecular complexity index is 1040. The van der Waals surface area contributed by atoms with E-state index in [0.29, 0.717) is 32.4 Å². The van der Waals surface area contributed by atoms with Gasteiger partial charge in [-0.3, -0.25) is 14.2 Å². The summed E-state index contributed by atoms with van der Waals surface area (Å²) < 4.78 is 7.09. The van der Waals surface area contributed by atoms with Crippen molar-refractivity contribution in [3.63, 3.8) is 0 Å². The summed E-state index contributed by atoms with van der Waals surface area (Å²) in [5, 5.41) is 1.77. The number of carbonyl (C=O) groups is 2. The maximum atomic E-state index is 12.4. The Balaban J connectivity index is 2.06. The van der Waals surface area contributed by atoms with E-state index in [-0.39, 0.29) is 24.2 Å². The lowest BCUT2D eigenvalue weighted by Crippen LogP contribution is -2.24. The number of ether oxygens (including phenoxy) is 1. The van der Waals surface area contributed by atoms with Gasteiger partial charge < -0.3 is 4.74 Å². The van der Waals surface area contributed by atoms with Crippen molar-refractivity contribution in [2.24, 2.45) is 0 Å². The van der Waals surface area contributed by atoms with E-state index in [2.05, 4.69) is 0 Å². The number of fused-ring (bicyclic) bond motifs is 3. The second-order valence-electron chi connectivity index (χ2n) is 6.02. The SMILES string of the molecule is CC(=O)n1c2c(c3ccc(Cl)cc31)OC(=O)CC2c1cccc(Cl)c1. The zero-order valence-electron chi connectivity index (χ0n) is 13.3. The zero-order chi connectivity index (χ0) is 17.7. The van der Waals surface area contributed by atoms with Gasteiger partial charge >= 0.3 is 5.97 Å². The molecule has 126 valence electrons. The van der Waals surface area contributed by atoms with Gasteiger partial charge in [0.1, 0.15) is 0 Å². The molecule has 3 aromatic rings. The fourth-order valence-corrected chi connectivity index (χ4v) is 3.79. The lowest BCUT2D eigenvalue weighted by atomic mass is 9.90. The molecule has 1 aliphatic rings. The van der Waals surface area contributed by atoms with Gasteiger partial charge in [0.05, 0.1) is 17.6 Å². The van der Waals surface area contributed by atoms with Crippen LogP contribution in [-0.4, -0.2) is 16.4 Å². The second kappa shape index (κ2) is 5.90. The summed E-state index contributed by atoms with van der Waals surface area (Å²) in [5.74, 6) is -0.401. The Morgan fingerprint density at radius 3 is 2.64 bits per heavy atom. The number of hydrogen-bond acceptors (Lipinski definition) is 3. The minimum Gasteiger partial charge on any atom is -0.424 e. The van der Waals surface area contributed by atoms with Crippen LogP contribution in [-0.2, 0) is 4.79 Å². The molecule has 0 N–H and O–H groups in total. The number of halogens is 2. The summed E-state index contributed by atoms with van der Waals surface area (Å²) in [6.45, 7) is 1.48. The van der Waals surface area contributed by atoms with Crippen LogP contribution >= 0.6 is 23.2 Å². The Hall–Kier alpha value is -2.30. The van der Waals surface area contributed by atoms with Crippen molar-refractivity contribution >= 4 is 46.0 Å². The van der Waals surface area contributed by atoms with E-state index in [0.717, 1.165) is 5.56 Å². The molecule has 4 rings (SSSR count). The van der Waals surface area contributed by atoms with Gasteiger partial charge in [0.25, 0.3) is 0 Å². The molecule has 1 aliphatic heterocycles. The highest BCUT2D eigenvalue weighted by Crippen LogP contribution is 2.45. The average molecular weight is 374 g/mol. The maximum absolute atomic E-state index is 12.4. The van der Waals surface area contributed by atoms with Crippen LogP contribution in [0.1, 0.15) is 35.3 Å². The summed E-state index contributed by atoms with van der Waals surface area (Å²) in [4.78, 5) is 24.6. The van der Waals surface area contributed by atoms with Crippen LogP contribution in [0, 0.1) is 0 Å². The van der Waals surface area contributed by atoms with Crippen LogP contribution in [0.3, 0.4) is 0 Å². The molecule has 1 atom stereocenters. The number of nitrogens with zero attached hydrogens (tertiary/aromatic N) is 1. The standard InChI is InChI=1S/C19H13Cl2NO3/c1-10(23)22-16-8-13(21)5-6-14(16)19-18(22)15(9-17(24)25-19)11-3-2-4-12(20)7-11/h2-8,15H,9H2,1H3. The Kier molecular flexibility index (Phi) is 3.82. The van der Waals surface area contributed by atoms with Crippen LogP contribution < -0.4 is 4.74 Å². The number of aromatic nitrogens is 1. The van der Waals surface area contributed by atoms with Crippen molar-refractivity contribution in [2.75, 3.05) is 0 Å². The molecule has 0 saturated carbocycles. The molecule has 25 heavy (non-hydrogen) atoms. The Labute approximate surface area is 153 Å². The van der Waals surface area contributed by atoms with Crippen molar-refractivity contribution in [1.82, 2.24) is 4.57 Å². The molecule has 2 aromatic carbocycles. The van der Waals surface area contributed by atoms with E-state index in [4.69, 9.17) is 27.9 Å². The van der Waals surface area contributed by atoms with E-state index in [1.165, 1.54) is 6.92 Å². The Morgan fingerprint density at radius 2 is 1.92 bits per heavy atom. The number of benzene rings is 2. The minimum absolute atomic E-state index is 0.144. The van der Waals surface area contributed by atoms with Gasteiger partial charge in [-0.05, 0) is 35.9 Å². The topological polar surface area (TPSA) is 48.3 Å². The summed E-state index contributed by atoms with van der Waals surface area (Å²) in [7, 11) is 0. The highest BCUT2D eigenvalue weighted by Gasteiger charge is 2.35. The third kappa shape index (κ3) is 2.62. The van der Waals surface area contributed by atoms with E-state index >= 15 is 0 Å². The van der Waals surface area contributed by atoms with Gasteiger partial charge in [-0.1, -0.05) is 35.3 Å². The lowest BCUT2D eigenvalue weighted by Gasteiger charge is -2.24. The lowest BCUT2D eigenvalue weighted by molar-refractivity contribution is -0.135. The molecule has 0 fully saturated rings. The first-order valence-corrected chi connectivity index (χ1v) is 8.52. The predicted octanol–water partition coefficient (Wildman–Crippen LogP) is 5.05. The largest absolute Gasteiger partial charge is 0.424 e. The molecule has 1 aromatic heterocycles. The van der Waals surface area contributed by atoms with Gasteiger partial charge in [-0.15, -0.1) is 0 Å². The highest BCUT2D eigenvalue weighted by molar-refractivity contribution is 6.31. The van der Waals surface area contributed by atoms with Crippen LogP contribution in [0.5, 0.6) is 5.75 Å². The van der Waals surface area contributed by atoms with Gasteiger partial charge in [0.2, 0.25) is 5.91 Å². The van der Waals surface area contributed by atoms with Gasteiger partial charge in [0.15, 0.2) is 5.75 Å². The fourth-order valence-electron chi connectivity index (χ4n) is 3.43. The minimum atomic E-state index is -0.338. The first-order valence-electron chi connectivity index (χ1n) is 7.76. The zero-order valence-corrected chi connectivity index (χ0v) is 14.8. The first-order chi connectivity index (χ1) is 12.0. The fraction of sp³-hybridized carbons (Fsp3) is 0.158. The average Bonchev–Trinajstić information content (AvgIpc) is 2.87. The summed E-state index contributed by atoms with van der Waals surface area (Å²) >= 11 is 12.2. The monoisotopic (exact) mass is 373 g/mol. The third-order valence-corrected chi connectivity index (χ3v) is 4.87. The summed E-state index contributed by atoms with van der Waals surface area (Å²) in [6.07, 6.45) is 0.144. The van der Waals surface area contributed by atoms with Crippen molar-refractivity contribution in [3.8, 4) is 5.75 Å². The molecule has 1 unspecified atom stereocenters. The van der Waals surface area contributed by atoms with Crippen molar-refractivity contribution in [3.05, 3.63) is 63.8 Å². The number of carbonyl (C=O) groups excluding carboxylic acids is 2. The van der Waals surface area contributed by atoms with E-state index < -0.39 is 0 Å². The van der Waals surface area contributed by atoms with Gasteiger partial charge in [-0.2, -0.15) is 0 Å². The van der Waals surface area contributed by atoms with Crippen LogP contribution in [0.15, 0.2) is 42.5 Å². The van der Waals surface area contributed by atoms with Crippen LogP contribution in [0.25, 0.3) is 10.9 Å². The molecule has 2 heterocycles. The molecule has 4 nitrogen and oxygen atoms in total. The number of hydrogen-bond donors (Lipinski definition) is 0. The predicted molar refractivity (Wildman–Crippen MR) is 96.8 cm³/mol. The first kappa shape index (κ1) is 16.2.